The molecule has 0 radical (unpaired) electrons. The van der Waals surface area contributed by atoms with Gasteiger partial charge in [-0.2, -0.15) is 0 Å². The predicted molar refractivity (Wildman–Crippen MR) is 60.6 cm³/mol. The van der Waals surface area contributed by atoms with E-state index in [9.17, 15) is 8.78 Å². The molecular formula is C13H13F2NO. The largest absolute Gasteiger partial charge is 0.472 e. The van der Waals surface area contributed by atoms with Crippen molar-refractivity contribution >= 4 is 0 Å². The van der Waals surface area contributed by atoms with E-state index in [2.05, 4.69) is 5.32 Å². The maximum Gasteiger partial charge on any atom is 0.126 e. The lowest BCUT2D eigenvalue weighted by molar-refractivity contribution is 0.538. The average Bonchev–Trinajstić information content (AvgIpc) is 2.77. The number of nitrogens with one attached hydrogen (secondary N) is 1. The van der Waals surface area contributed by atoms with Gasteiger partial charge in [0.2, 0.25) is 0 Å². The monoisotopic (exact) mass is 237 g/mol. The fraction of sp³-hybridized carbons (Fsp3) is 0.231. The van der Waals surface area contributed by atoms with Gasteiger partial charge in [0.05, 0.1) is 12.5 Å². The van der Waals surface area contributed by atoms with Gasteiger partial charge in [-0.3, -0.25) is 0 Å². The van der Waals surface area contributed by atoms with Crippen molar-refractivity contribution < 1.29 is 13.2 Å². The SMILES string of the molecule is CNC(Cc1cc(F)cc(F)c1)c1ccoc1. The first-order chi connectivity index (χ1) is 8.19. The molecule has 0 fully saturated rings. The van der Waals surface area contributed by atoms with E-state index < -0.39 is 11.6 Å². The van der Waals surface area contributed by atoms with Crippen LogP contribution in [0, 0.1) is 11.6 Å². The predicted octanol–water partition coefficient (Wildman–Crippen LogP) is 3.06. The van der Waals surface area contributed by atoms with Crippen LogP contribution in [0.2, 0.25) is 0 Å². The Morgan fingerprint density at radius 1 is 1.24 bits per heavy atom. The summed E-state index contributed by atoms with van der Waals surface area (Å²) in [6.45, 7) is 0. The van der Waals surface area contributed by atoms with Gasteiger partial charge < -0.3 is 9.73 Å². The van der Waals surface area contributed by atoms with E-state index in [1.54, 1.807) is 19.6 Å². The topological polar surface area (TPSA) is 25.2 Å². The third-order valence-electron chi connectivity index (χ3n) is 2.66. The van der Waals surface area contributed by atoms with E-state index >= 15 is 0 Å². The van der Waals surface area contributed by atoms with Crippen molar-refractivity contribution in [1.82, 2.24) is 5.32 Å². The first-order valence-corrected chi connectivity index (χ1v) is 5.33. The van der Waals surface area contributed by atoms with Crippen LogP contribution in [0.15, 0.2) is 41.2 Å². The lowest BCUT2D eigenvalue weighted by Gasteiger charge is -2.14. The fourth-order valence-corrected chi connectivity index (χ4v) is 1.82. The summed E-state index contributed by atoms with van der Waals surface area (Å²) in [5.41, 5.74) is 1.57. The summed E-state index contributed by atoms with van der Waals surface area (Å²) in [5.74, 6) is -1.11. The number of benzene rings is 1. The maximum atomic E-state index is 13.0. The van der Waals surface area contributed by atoms with E-state index in [4.69, 9.17) is 4.42 Å². The van der Waals surface area contributed by atoms with Gasteiger partial charge in [0.1, 0.15) is 11.6 Å². The lowest BCUT2D eigenvalue weighted by Crippen LogP contribution is -2.18. The maximum absolute atomic E-state index is 13.0. The summed E-state index contributed by atoms with van der Waals surface area (Å²) in [6, 6.07) is 5.36. The molecule has 0 spiro atoms. The van der Waals surface area contributed by atoms with Crippen molar-refractivity contribution in [3.05, 3.63) is 59.6 Å². The average molecular weight is 237 g/mol. The molecule has 1 N–H and O–H groups in total. The van der Waals surface area contributed by atoms with Crippen LogP contribution >= 0.6 is 0 Å². The molecule has 0 saturated heterocycles. The Bertz CT molecular complexity index is 462. The highest BCUT2D eigenvalue weighted by atomic mass is 19.1. The number of halogens is 2. The number of furan rings is 1. The minimum Gasteiger partial charge on any atom is -0.472 e. The molecule has 1 heterocycles. The van der Waals surface area contributed by atoms with E-state index in [1.807, 2.05) is 6.07 Å². The zero-order chi connectivity index (χ0) is 12.3. The minimum atomic E-state index is -0.554. The van der Waals surface area contributed by atoms with Crippen molar-refractivity contribution in [3.63, 3.8) is 0 Å². The molecule has 1 atom stereocenters. The highest BCUT2D eigenvalue weighted by molar-refractivity contribution is 5.22. The second-order valence-corrected chi connectivity index (χ2v) is 3.88. The molecule has 0 aliphatic carbocycles. The molecule has 0 aliphatic heterocycles. The molecule has 0 amide bonds. The van der Waals surface area contributed by atoms with E-state index in [1.165, 1.54) is 12.1 Å². The Balaban J connectivity index is 2.18. The Hall–Kier alpha value is -1.68. The molecule has 1 aromatic carbocycles. The van der Waals surface area contributed by atoms with Crippen LogP contribution in [-0.2, 0) is 6.42 Å². The molecule has 1 unspecified atom stereocenters. The van der Waals surface area contributed by atoms with Crippen LogP contribution in [0.5, 0.6) is 0 Å². The van der Waals surface area contributed by atoms with Crippen LogP contribution in [0.4, 0.5) is 8.78 Å². The van der Waals surface area contributed by atoms with Crippen LogP contribution in [0.3, 0.4) is 0 Å². The molecule has 2 aromatic rings. The zero-order valence-corrected chi connectivity index (χ0v) is 9.41. The summed E-state index contributed by atoms with van der Waals surface area (Å²) in [7, 11) is 1.80. The highest BCUT2D eigenvalue weighted by Crippen LogP contribution is 2.19. The quantitative estimate of drug-likeness (QED) is 0.884. The van der Waals surface area contributed by atoms with Gasteiger partial charge in [-0.1, -0.05) is 0 Å². The first-order valence-electron chi connectivity index (χ1n) is 5.33. The Morgan fingerprint density at radius 2 is 1.94 bits per heavy atom. The summed E-state index contributed by atoms with van der Waals surface area (Å²) in [5, 5.41) is 3.09. The third-order valence-corrected chi connectivity index (χ3v) is 2.66. The van der Waals surface area contributed by atoms with Gasteiger partial charge in [0.15, 0.2) is 0 Å². The summed E-state index contributed by atoms with van der Waals surface area (Å²) >= 11 is 0. The van der Waals surface area contributed by atoms with E-state index in [-0.39, 0.29) is 6.04 Å². The minimum absolute atomic E-state index is 0.0186. The van der Waals surface area contributed by atoms with Crippen molar-refractivity contribution in [3.8, 4) is 0 Å². The van der Waals surface area contributed by atoms with Crippen LogP contribution < -0.4 is 5.32 Å². The Morgan fingerprint density at radius 3 is 2.47 bits per heavy atom. The van der Waals surface area contributed by atoms with Crippen LogP contribution in [0.1, 0.15) is 17.2 Å². The molecule has 0 saturated carbocycles. The molecular weight excluding hydrogens is 224 g/mol. The summed E-state index contributed by atoms with van der Waals surface area (Å²) < 4.78 is 31.1. The molecule has 0 aliphatic rings. The van der Waals surface area contributed by atoms with Crippen LogP contribution in [0.25, 0.3) is 0 Å². The second kappa shape index (κ2) is 5.10. The fourth-order valence-electron chi connectivity index (χ4n) is 1.82. The van der Waals surface area contributed by atoms with Crippen molar-refractivity contribution in [2.45, 2.75) is 12.5 Å². The smallest absolute Gasteiger partial charge is 0.126 e. The van der Waals surface area contributed by atoms with Gasteiger partial charge in [-0.25, -0.2) is 8.78 Å². The molecule has 90 valence electrons. The van der Waals surface area contributed by atoms with E-state index in [0.29, 0.717) is 12.0 Å². The first kappa shape index (κ1) is 11.8. The number of likely N-dealkylation sites (N-methyl/N-ethyl adjacent to an activating group) is 1. The zero-order valence-electron chi connectivity index (χ0n) is 9.41. The molecule has 2 nitrogen and oxygen atoms in total. The molecule has 4 heteroatoms. The van der Waals surface area contributed by atoms with Crippen LogP contribution in [-0.4, -0.2) is 7.05 Å². The number of hydrogen-bond donors (Lipinski definition) is 1. The van der Waals surface area contributed by atoms with Crippen molar-refractivity contribution in [2.24, 2.45) is 0 Å². The van der Waals surface area contributed by atoms with E-state index in [0.717, 1.165) is 11.6 Å². The molecule has 17 heavy (non-hydrogen) atoms. The molecule has 0 bridgehead atoms. The van der Waals surface area contributed by atoms with Crippen molar-refractivity contribution in [2.75, 3.05) is 7.05 Å². The van der Waals surface area contributed by atoms with Gasteiger partial charge in [-0.05, 0) is 37.2 Å². The lowest BCUT2D eigenvalue weighted by atomic mass is 10.0. The standard InChI is InChI=1S/C13H13F2NO/c1-16-13(10-2-3-17-8-10)6-9-4-11(14)7-12(15)5-9/h2-5,7-8,13,16H,6H2,1H3. The van der Waals surface area contributed by atoms with Gasteiger partial charge in [0.25, 0.3) is 0 Å². The highest BCUT2D eigenvalue weighted by Gasteiger charge is 2.12. The number of rotatable bonds is 4. The van der Waals surface area contributed by atoms with Crippen molar-refractivity contribution in [1.29, 1.82) is 0 Å². The Labute approximate surface area is 98.3 Å². The second-order valence-electron chi connectivity index (χ2n) is 3.88. The van der Waals surface area contributed by atoms with Gasteiger partial charge >= 0.3 is 0 Å². The third kappa shape index (κ3) is 2.91. The Kier molecular flexibility index (Phi) is 3.54. The summed E-state index contributed by atoms with van der Waals surface area (Å²) in [4.78, 5) is 0. The molecule has 2 rings (SSSR count). The molecule has 1 aromatic heterocycles. The van der Waals surface area contributed by atoms with Gasteiger partial charge in [-0.15, -0.1) is 0 Å². The summed E-state index contributed by atoms with van der Waals surface area (Å²) in [6.07, 6.45) is 3.70. The van der Waals surface area contributed by atoms with Gasteiger partial charge in [0, 0.05) is 17.7 Å². The normalized spacial score (nSPS) is 12.6. The number of hydrogen-bond acceptors (Lipinski definition) is 2.